The Kier molecular flexibility index (Phi) is 5.92. The Morgan fingerprint density at radius 2 is 1.90 bits per heavy atom. The number of aromatic nitrogens is 1. The van der Waals surface area contributed by atoms with E-state index in [0.29, 0.717) is 42.1 Å². The van der Waals surface area contributed by atoms with E-state index >= 15 is 0 Å². The standard InChI is InChI=1S/C23H26N2O5/c1-28-22-8-7-16(12-23(22)29-2)30-21-9-10-25(14-20(21)27)13-15-11-19(26)17-5-3-4-6-18(17)24-15/h3-8,11-12,20-21,27H,9-10,13-14H2,1-2H3,(H,24,26)/t20-,21-/m1/s1. The summed E-state index contributed by atoms with van der Waals surface area (Å²) in [7, 11) is 3.16. The number of piperidine rings is 1. The fourth-order valence-electron chi connectivity index (χ4n) is 3.90. The number of hydrogen-bond acceptors (Lipinski definition) is 6. The first-order valence-corrected chi connectivity index (χ1v) is 9.97. The molecule has 30 heavy (non-hydrogen) atoms. The molecule has 0 radical (unpaired) electrons. The lowest BCUT2D eigenvalue weighted by atomic mass is 10.0. The molecule has 0 bridgehead atoms. The van der Waals surface area contributed by atoms with Gasteiger partial charge in [-0.2, -0.15) is 0 Å². The van der Waals surface area contributed by atoms with E-state index in [4.69, 9.17) is 14.2 Å². The van der Waals surface area contributed by atoms with E-state index in [1.807, 2.05) is 24.3 Å². The van der Waals surface area contributed by atoms with Crippen molar-refractivity contribution in [2.75, 3.05) is 27.3 Å². The highest BCUT2D eigenvalue weighted by Gasteiger charge is 2.29. The highest BCUT2D eigenvalue weighted by Crippen LogP contribution is 2.32. The maximum absolute atomic E-state index is 12.3. The fourth-order valence-corrected chi connectivity index (χ4v) is 3.90. The van der Waals surface area contributed by atoms with Crippen LogP contribution in [0.5, 0.6) is 17.2 Å². The number of pyridine rings is 1. The molecule has 2 N–H and O–H groups in total. The molecule has 158 valence electrons. The Bertz CT molecular complexity index is 1080. The number of benzene rings is 2. The molecule has 0 aliphatic carbocycles. The van der Waals surface area contributed by atoms with Crippen molar-refractivity contribution in [2.45, 2.75) is 25.2 Å². The molecule has 0 saturated carbocycles. The third kappa shape index (κ3) is 4.27. The largest absolute Gasteiger partial charge is 0.493 e. The Morgan fingerprint density at radius 1 is 1.10 bits per heavy atom. The zero-order valence-corrected chi connectivity index (χ0v) is 17.1. The number of aromatic amines is 1. The van der Waals surface area contributed by atoms with E-state index in [1.54, 1.807) is 38.5 Å². The van der Waals surface area contributed by atoms with Gasteiger partial charge >= 0.3 is 0 Å². The van der Waals surface area contributed by atoms with Crippen LogP contribution < -0.4 is 19.6 Å². The van der Waals surface area contributed by atoms with E-state index in [1.165, 1.54) is 0 Å². The van der Waals surface area contributed by atoms with Gasteiger partial charge in [-0.15, -0.1) is 0 Å². The molecule has 7 heteroatoms. The lowest BCUT2D eigenvalue weighted by molar-refractivity contribution is -0.0278. The topological polar surface area (TPSA) is 84.0 Å². The Morgan fingerprint density at radius 3 is 2.67 bits per heavy atom. The number of para-hydroxylation sites is 1. The molecule has 4 rings (SSSR count). The van der Waals surface area contributed by atoms with Gasteiger partial charge in [0, 0.05) is 48.4 Å². The molecule has 0 spiro atoms. The first-order chi connectivity index (χ1) is 14.6. The van der Waals surface area contributed by atoms with Crippen molar-refractivity contribution >= 4 is 10.9 Å². The molecule has 1 saturated heterocycles. The maximum atomic E-state index is 12.3. The molecule has 1 aliphatic rings. The molecule has 1 aliphatic heterocycles. The molecule has 2 aromatic carbocycles. The number of nitrogens with zero attached hydrogens (tertiary/aromatic N) is 1. The second kappa shape index (κ2) is 8.77. The molecular formula is C23H26N2O5. The number of nitrogens with one attached hydrogen (secondary N) is 1. The molecule has 3 aromatic rings. The second-order valence-corrected chi connectivity index (χ2v) is 7.47. The lowest BCUT2D eigenvalue weighted by Crippen LogP contribution is -2.48. The second-order valence-electron chi connectivity index (χ2n) is 7.47. The van der Waals surface area contributed by atoms with Gasteiger partial charge in [0.25, 0.3) is 0 Å². The van der Waals surface area contributed by atoms with Gasteiger partial charge in [-0.05, 0) is 30.7 Å². The van der Waals surface area contributed by atoms with Crippen molar-refractivity contribution in [3.05, 3.63) is 64.4 Å². The molecule has 0 unspecified atom stereocenters. The van der Waals surface area contributed by atoms with Crippen LogP contribution in [0.25, 0.3) is 10.9 Å². The fraction of sp³-hybridized carbons (Fsp3) is 0.348. The highest BCUT2D eigenvalue weighted by atomic mass is 16.5. The SMILES string of the molecule is COc1ccc(O[C@@H]2CCN(Cc3cc(=O)c4ccccc4[nH]3)C[C@H]2O)cc1OC. The van der Waals surface area contributed by atoms with Crippen molar-refractivity contribution in [3.63, 3.8) is 0 Å². The molecule has 1 aromatic heterocycles. The number of aliphatic hydroxyl groups excluding tert-OH is 1. The Balaban J connectivity index is 1.40. The summed E-state index contributed by atoms with van der Waals surface area (Å²) in [6.07, 6.45) is -0.276. The number of methoxy groups -OCH3 is 2. The van der Waals surface area contributed by atoms with E-state index < -0.39 is 6.10 Å². The predicted octanol–water partition coefficient (Wildman–Crippen LogP) is 2.56. The average Bonchev–Trinajstić information content (AvgIpc) is 2.75. The minimum Gasteiger partial charge on any atom is -0.493 e. The summed E-state index contributed by atoms with van der Waals surface area (Å²) in [4.78, 5) is 17.8. The number of β-amino-alcohol motifs (C(OH)–C–C–N with tert-alkyl or cyclic N) is 1. The van der Waals surface area contributed by atoms with Gasteiger partial charge in [-0.1, -0.05) is 12.1 Å². The highest BCUT2D eigenvalue weighted by molar-refractivity contribution is 5.78. The van der Waals surface area contributed by atoms with Gasteiger partial charge in [-0.25, -0.2) is 0 Å². The molecule has 2 heterocycles. The van der Waals surface area contributed by atoms with Gasteiger partial charge in [0.2, 0.25) is 0 Å². The van der Waals surface area contributed by atoms with Crippen LogP contribution in [0.3, 0.4) is 0 Å². The van der Waals surface area contributed by atoms with Crippen molar-refractivity contribution in [1.29, 1.82) is 0 Å². The van der Waals surface area contributed by atoms with E-state index in [-0.39, 0.29) is 11.5 Å². The lowest BCUT2D eigenvalue weighted by Gasteiger charge is -2.35. The van der Waals surface area contributed by atoms with E-state index in [2.05, 4.69) is 9.88 Å². The Hall–Kier alpha value is -3.03. The van der Waals surface area contributed by atoms with Crippen LogP contribution in [0.1, 0.15) is 12.1 Å². The minimum atomic E-state index is -0.640. The van der Waals surface area contributed by atoms with Gasteiger partial charge in [0.05, 0.1) is 14.2 Å². The van der Waals surface area contributed by atoms with Crippen LogP contribution in [0.2, 0.25) is 0 Å². The maximum Gasteiger partial charge on any atom is 0.189 e. The van der Waals surface area contributed by atoms with Crippen LogP contribution >= 0.6 is 0 Å². The third-order valence-corrected chi connectivity index (χ3v) is 5.43. The first-order valence-electron chi connectivity index (χ1n) is 9.97. The minimum absolute atomic E-state index is 0.00608. The zero-order chi connectivity index (χ0) is 21.1. The third-order valence-electron chi connectivity index (χ3n) is 5.43. The smallest absolute Gasteiger partial charge is 0.189 e. The molecule has 2 atom stereocenters. The first kappa shape index (κ1) is 20.3. The zero-order valence-electron chi connectivity index (χ0n) is 17.1. The van der Waals surface area contributed by atoms with Crippen molar-refractivity contribution in [2.24, 2.45) is 0 Å². The van der Waals surface area contributed by atoms with Crippen LogP contribution in [0.4, 0.5) is 0 Å². The van der Waals surface area contributed by atoms with Crippen LogP contribution in [0.15, 0.2) is 53.3 Å². The van der Waals surface area contributed by atoms with E-state index in [0.717, 1.165) is 17.8 Å². The predicted molar refractivity (Wildman–Crippen MR) is 114 cm³/mol. The number of H-pyrrole nitrogens is 1. The molecule has 0 amide bonds. The monoisotopic (exact) mass is 410 g/mol. The van der Waals surface area contributed by atoms with Crippen LogP contribution in [-0.2, 0) is 6.54 Å². The summed E-state index contributed by atoms with van der Waals surface area (Å²) in [6.45, 7) is 1.79. The number of fused-ring (bicyclic) bond motifs is 1. The van der Waals surface area contributed by atoms with Gasteiger partial charge in [0.1, 0.15) is 18.0 Å². The summed E-state index contributed by atoms with van der Waals surface area (Å²) in [5, 5.41) is 11.3. The summed E-state index contributed by atoms with van der Waals surface area (Å²) in [5.41, 5.74) is 1.67. The van der Waals surface area contributed by atoms with Gasteiger partial charge in [-0.3, -0.25) is 9.69 Å². The summed E-state index contributed by atoms with van der Waals surface area (Å²) in [5.74, 6) is 1.84. The number of ether oxygens (including phenoxy) is 3. The van der Waals surface area contributed by atoms with Crippen LogP contribution in [0, 0.1) is 0 Å². The number of aliphatic hydroxyl groups is 1. The molecular weight excluding hydrogens is 384 g/mol. The summed E-state index contributed by atoms with van der Waals surface area (Å²) in [6, 6.07) is 14.5. The molecule has 7 nitrogen and oxygen atoms in total. The van der Waals surface area contributed by atoms with Crippen molar-refractivity contribution < 1.29 is 19.3 Å². The van der Waals surface area contributed by atoms with E-state index in [9.17, 15) is 9.90 Å². The summed E-state index contributed by atoms with van der Waals surface area (Å²) >= 11 is 0. The van der Waals surface area contributed by atoms with Gasteiger partial charge in [0.15, 0.2) is 16.9 Å². The number of likely N-dealkylation sites (tertiary alicyclic amines) is 1. The van der Waals surface area contributed by atoms with Crippen molar-refractivity contribution in [1.82, 2.24) is 9.88 Å². The quantitative estimate of drug-likeness (QED) is 0.650. The Labute approximate surface area is 174 Å². The van der Waals surface area contributed by atoms with Gasteiger partial charge < -0.3 is 24.3 Å². The summed E-state index contributed by atoms with van der Waals surface area (Å²) < 4.78 is 16.6. The number of hydrogen-bond donors (Lipinski definition) is 2. The number of rotatable bonds is 6. The normalized spacial score (nSPS) is 19.6. The van der Waals surface area contributed by atoms with Crippen molar-refractivity contribution in [3.8, 4) is 17.2 Å². The average molecular weight is 410 g/mol. The molecule has 1 fully saturated rings. The van der Waals surface area contributed by atoms with Crippen LogP contribution in [-0.4, -0.2) is 54.5 Å².